The number of benzene rings is 2. The highest BCUT2D eigenvalue weighted by Crippen LogP contribution is 2.34. The summed E-state index contributed by atoms with van der Waals surface area (Å²) in [6.45, 7) is 0. The number of non-ortho nitro benzene ring substituents is 1. The van der Waals surface area contributed by atoms with Crippen LogP contribution >= 0.6 is 0 Å². The summed E-state index contributed by atoms with van der Waals surface area (Å²) in [6.07, 6.45) is -4.76. The maximum atomic E-state index is 12.8. The maximum Gasteiger partial charge on any atom is 0.418 e. The fourth-order valence-corrected chi connectivity index (χ4v) is 1.95. The fraction of sp³-hybridized carbons (Fsp3) is 0.133. The van der Waals surface area contributed by atoms with E-state index in [-0.39, 0.29) is 17.8 Å². The SMILES string of the molecule is O=C(Cc1ccc([N+](=O)[O-])cc1)Nc1ccccc1C(F)(F)F. The molecule has 0 aliphatic heterocycles. The molecule has 0 heterocycles. The second kappa shape index (κ2) is 6.47. The van der Waals surface area contributed by atoms with Crippen LogP contribution in [0.4, 0.5) is 24.5 Å². The summed E-state index contributed by atoms with van der Waals surface area (Å²) in [5.41, 5.74) is -0.932. The van der Waals surface area contributed by atoms with Gasteiger partial charge in [-0.2, -0.15) is 13.2 Å². The van der Waals surface area contributed by atoms with E-state index in [9.17, 15) is 28.1 Å². The lowest BCUT2D eigenvalue weighted by molar-refractivity contribution is -0.384. The minimum absolute atomic E-state index is 0.128. The molecule has 120 valence electrons. The number of para-hydroxylation sites is 1. The van der Waals surface area contributed by atoms with Crippen molar-refractivity contribution in [2.24, 2.45) is 0 Å². The summed E-state index contributed by atoms with van der Waals surface area (Å²) in [6, 6.07) is 9.88. The quantitative estimate of drug-likeness (QED) is 0.687. The van der Waals surface area contributed by atoms with Gasteiger partial charge in [0.25, 0.3) is 5.69 Å². The average Bonchev–Trinajstić information content (AvgIpc) is 2.47. The first-order valence-corrected chi connectivity index (χ1v) is 6.47. The molecule has 2 aromatic carbocycles. The number of carbonyl (C=O) groups is 1. The van der Waals surface area contributed by atoms with E-state index in [4.69, 9.17) is 0 Å². The van der Waals surface area contributed by atoms with Gasteiger partial charge in [-0.25, -0.2) is 0 Å². The van der Waals surface area contributed by atoms with Crippen molar-refractivity contribution in [1.29, 1.82) is 0 Å². The van der Waals surface area contributed by atoms with Gasteiger partial charge in [0, 0.05) is 12.1 Å². The predicted octanol–water partition coefficient (Wildman–Crippen LogP) is 3.79. The van der Waals surface area contributed by atoms with E-state index in [1.807, 2.05) is 0 Å². The van der Waals surface area contributed by atoms with E-state index in [0.29, 0.717) is 5.56 Å². The number of nitro benzene ring substituents is 1. The number of nitro groups is 1. The average molecular weight is 324 g/mol. The van der Waals surface area contributed by atoms with Crippen molar-refractivity contribution in [3.05, 3.63) is 69.8 Å². The van der Waals surface area contributed by atoms with Gasteiger partial charge in [0.15, 0.2) is 0 Å². The molecule has 8 heteroatoms. The van der Waals surface area contributed by atoms with E-state index >= 15 is 0 Å². The second-order valence-corrected chi connectivity index (χ2v) is 4.69. The molecule has 0 aliphatic carbocycles. The van der Waals surface area contributed by atoms with Crippen molar-refractivity contribution < 1.29 is 22.9 Å². The summed E-state index contributed by atoms with van der Waals surface area (Å²) in [4.78, 5) is 21.8. The van der Waals surface area contributed by atoms with Crippen molar-refractivity contribution in [2.75, 3.05) is 5.32 Å². The molecule has 2 aromatic rings. The number of hydrogen-bond acceptors (Lipinski definition) is 3. The van der Waals surface area contributed by atoms with Crippen LogP contribution in [-0.4, -0.2) is 10.8 Å². The highest BCUT2D eigenvalue weighted by atomic mass is 19.4. The second-order valence-electron chi connectivity index (χ2n) is 4.69. The molecule has 0 radical (unpaired) electrons. The Balaban J connectivity index is 2.10. The highest BCUT2D eigenvalue weighted by molar-refractivity contribution is 5.93. The first-order valence-electron chi connectivity index (χ1n) is 6.47. The molecule has 0 saturated carbocycles. The molecule has 0 aromatic heterocycles. The molecule has 23 heavy (non-hydrogen) atoms. The van der Waals surface area contributed by atoms with Crippen LogP contribution in [0.3, 0.4) is 0 Å². The number of rotatable bonds is 4. The minimum atomic E-state index is -4.57. The molecule has 0 aliphatic rings. The van der Waals surface area contributed by atoms with E-state index < -0.39 is 22.6 Å². The van der Waals surface area contributed by atoms with Crippen LogP contribution in [0.15, 0.2) is 48.5 Å². The lowest BCUT2D eigenvalue weighted by atomic mass is 10.1. The van der Waals surface area contributed by atoms with E-state index in [1.54, 1.807) is 0 Å². The van der Waals surface area contributed by atoms with Crippen LogP contribution in [0, 0.1) is 10.1 Å². The molecule has 0 spiro atoms. The lowest BCUT2D eigenvalue weighted by Gasteiger charge is -2.13. The molecule has 0 fully saturated rings. The largest absolute Gasteiger partial charge is 0.418 e. The third-order valence-corrected chi connectivity index (χ3v) is 3.02. The topological polar surface area (TPSA) is 72.2 Å². The highest BCUT2D eigenvalue weighted by Gasteiger charge is 2.33. The van der Waals surface area contributed by atoms with Gasteiger partial charge in [-0.3, -0.25) is 14.9 Å². The standard InChI is InChI=1S/C15H11F3N2O3/c16-15(17,18)12-3-1-2-4-13(12)19-14(21)9-10-5-7-11(8-6-10)20(22)23/h1-8H,9H2,(H,19,21). The minimum Gasteiger partial charge on any atom is -0.325 e. The first kappa shape index (κ1) is 16.5. The predicted molar refractivity (Wildman–Crippen MR) is 76.9 cm³/mol. The van der Waals surface area contributed by atoms with Gasteiger partial charge in [-0.15, -0.1) is 0 Å². The summed E-state index contributed by atoms with van der Waals surface area (Å²) < 4.78 is 38.5. The number of amides is 1. The van der Waals surface area contributed by atoms with Crippen molar-refractivity contribution in [1.82, 2.24) is 0 Å². The molecular weight excluding hydrogens is 313 g/mol. The number of hydrogen-bond donors (Lipinski definition) is 1. The van der Waals surface area contributed by atoms with Crippen LogP contribution in [-0.2, 0) is 17.4 Å². The smallest absolute Gasteiger partial charge is 0.325 e. The van der Waals surface area contributed by atoms with Gasteiger partial charge in [-0.1, -0.05) is 24.3 Å². The van der Waals surface area contributed by atoms with Gasteiger partial charge in [-0.05, 0) is 17.7 Å². The third-order valence-electron chi connectivity index (χ3n) is 3.02. The van der Waals surface area contributed by atoms with Gasteiger partial charge < -0.3 is 5.32 Å². The van der Waals surface area contributed by atoms with Gasteiger partial charge >= 0.3 is 6.18 Å². The number of nitrogens with zero attached hydrogens (tertiary/aromatic N) is 1. The molecular formula is C15H11F3N2O3. The Morgan fingerprint density at radius 2 is 1.70 bits per heavy atom. The Bertz CT molecular complexity index is 727. The van der Waals surface area contributed by atoms with E-state index in [2.05, 4.69) is 5.32 Å². The van der Waals surface area contributed by atoms with Gasteiger partial charge in [0.05, 0.1) is 22.6 Å². The zero-order valence-electron chi connectivity index (χ0n) is 11.6. The Morgan fingerprint density at radius 3 is 2.26 bits per heavy atom. The van der Waals surface area contributed by atoms with Crippen LogP contribution in [0.5, 0.6) is 0 Å². The monoisotopic (exact) mass is 324 g/mol. The van der Waals surface area contributed by atoms with Crippen LogP contribution < -0.4 is 5.32 Å². The zero-order chi connectivity index (χ0) is 17.0. The van der Waals surface area contributed by atoms with E-state index in [1.165, 1.54) is 36.4 Å². The summed E-state index contributed by atoms with van der Waals surface area (Å²) in [5.74, 6) is -0.643. The molecule has 0 bridgehead atoms. The van der Waals surface area contributed by atoms with Crippen molar-refractivity contribution >= 4 is 17.3 Å². The van der Waals surface area contributed by atoms with E-state index in [0.717, 1.165) is 12.1 Å². The number of halogens is 3. The molecule has 0 atom stereocenters. The summed E-state index contributed by atoms with van der Waals surface area (Å²) >= 11 is 0. The Kier molecular flexibility index (Phi) is 4.63. The number of carbonyl (C=O) groups excluding carboxylic acids is 1. The lowest BCUT2D eigenvalue weighted by Crippen LogP contribution is -2.18. The van der Waals surface area contributed by atoms with Crippen molar-refractivity contribution in [2.45, 2.75) is 12.6 Å². The van der Waals surface area contributed by atoms with Crippen LogP contribution in [0.2, 0.25) is 0 Å². The molecule has 1 amide bonds. The van der Waals surface area contributed by atoms with Crippen LogP contribution in [0.25, 0.3) is 0 Å². The summed E-state index contributed by atoms with van der Waals surface area (Å²) in [5, 5.41) is 12.7. The molecule has 2 rings (SSSR count). The third kappa shape index (κ3) is 4.29. The Hall–Kier alpha value is -2.90. The molecule has 5 nitrogen and oxygen atoms in total. The van der Waals surface area contributed by atoms with Crippen molar-refractivity contribution in [3.63, 3.8) is 0 Å². The zero-order valence-corrected chi connectivity index (χ0v) is 11.6. The normalized spacial score (nSPS) is 11.1. The Morgan fingerprint density at radius 1 is 1.09 bits per heavy atom. The van der Waals surface area contributed by atoms with Crippen molar-refractivity contribution in [3.8, 4) is 0 Å². The molecule has 0 unspecified atom stereocenters. The summed E-state index contributed by atoms with van der Waals surface area (Å²) in [7, 11) is 0. The van der Waals surface area contributed by atoms with Gasteiger partial charge in [0.1, 0.15) is 0 Å². The maximum absolute atomic E-state index is 12.8. The fourth-order valence-electron chi connectivity index (χ4n) is 1.95. The number of anilines is 1. The first-order chi connectivity index (χ1) is 10.8. The number of nitrogens with one attached hydrogen (secondary N) is 1. The Labute approximate surface area is 128 Å². The van der Waals surface area contributed by atoms with Crippen LogP contribution in [0.1, 0.15) is 11.1 Å². The number of alkyl halides is 3. The molecule has 0 saturated heterocycles. The molecule has 1 N–H and O–H groups in total. The van der Waals surface area contributed by atoms with Gasteiger partial charge in [0.2, 0.25) is 5.91 Å².